The summed E-state index contributed by atoms with van der Waals surface area (Å²) in [5, 5.41) is 0. The molecule has 0 atom stereocenters. The summed E-state index contributed by atoms with van der Waals surface area (Å²) in [4.78, 5) is 25.4. The Morgan fingerprint density at radius 1 is 0.963 bits per heavy atom. The van der Waals surface area contributed by atoms with Crippen LogP contribution in [0.3, 0.4) is 0 Å². The fourth-order valence-corrected chi connectivity index (χ4v) is 2.64. The molecule has 0 aromatic heterocycles. The largest absolute Gasteiger partial charge is 0.312 e. The smallest absolute Gasteiger partial charge is 0.269 e. The van der Waals surface area contributed by atoms with Crippen molar-refractivity contribution < 1.29 is 31.5 Å². The highest BCUT2D eigenvalue weighted by Gasteiger charge is 2.26. The van der Waals surface area contributed by atoms with Gasteiger partial charge in [-0.3, -0.25) is 20.4 Å². The van der Waals surface area contributed by atoms with Gasteiger partial charge in [0, 0.05) is 24.2 Å². The zero-order chi connectivity index (χ0) is 19.7. The molecule has 1 fully saturated rings. The number of benzene rings is 2. The summed E-state index contributed by atoms with van der Waals surface area (Å²) < 4.78 is 66.5. The van der Waals surface area contributed by atoms with Gasteiger partial charge in [0.15, 0.2) is 23.3 Å². The first kappa shape index (κ1) is 18.6. The highest BCUT2D eigenvalue weighted by atomic mass is 19.2. The van der Waals surface area contributed by atoms with Crippen molar-refractivity contribution >= 4 is 23.2 Å². The van der Waals surface area contributed by atoms with Crippen molar-refractivity contribution in [1.29, 1.82) is 0 Å². The quantitative estimate of drug-likeness (QED) is 0.368. The molecule has 0 unspecified atom stereocenters. The van der Waals surface area contributed by atoms with Gasteiger partial charge in [0.1, 0.15) is 5.69 Å². The van der Waals surface area contributed by atoms with Gasteiger partial charge in [0.05, 0.1) is 0 Å². The van der Waals surface area contributed by atoms with Gasteiger partial charge in [-0.1, -0.05) is 6.07 Å². The maximum atomic E-state index is 13.6. The number of carbonyl (C=O) groups is 2. The molecule has 2 amide bonds. The summed E-state index contributed by atoms with van der Waals surface area (Å²) in [6, 6.07) is 5.84. The Hall–Kier alpha value is -3.17. The lowest BCUT2D eigenvalue weighted by Gasteiger charge is -2.17. The van der Waals surface area contributed by atoms with Gasteiger partial charge in [-0.2, -0.15) is 0 Å². The van der Waals surface area contributed by atoms with E-state index in [1.165, 1.54) is 23.1 Å². The van der Waals surface area contributed by atoms with Crippen LogP contribution in [-0.2, 0) is 4.79 Å². The van der Waals surface area contributed by atoms with Crippen LogP contribution in [0.2, 0.25) is 0 Å². The Kier molecular flexibility index (Phi) is 4.98. The molecule has 1 saturated heterocycles. The zero-order valence-electron chi connectivity index (χ0n) is 13.6. The Bertz CT molecular complexity index is 906. The Morgan fingerprint density at radius 2 is 1.59 bits per heavy atom. The van der Waals surface area contributed by atoms with E-state index in [0.717, 1.165) is 0 Å². The summed E-state index contributed by atoms with van der Waals surface area (Å²) in [6.45, 7) is 0.493. The molecule has 0 radical (unpaired) electrons. The van der Waals surface area contributed by atoms with Crippen LogP contribution < -0.4 is 15.8 Å². The van der Waals surface area contributed by atoms with Crippen LogP contribution in [0.1, 0.15) is 23.2 Å². The standard InChI is InChI=1S/C17H12F5N3O2/c18-11-12(19)14(21)16(15(22)13(11)20)23-24-17(27)8-3-1-4-9(7-8)25-6-2-5-10(25)26/h1,3-4,7,23H,2,5-6H2,(H,24,27). The van der Waals surface area contributed by atoms with Crippen molar-refractivity contribution in [3.63, 3.8) is 0 Å². The lowest BCUT2D eigenvalue weighted by atomic mass is 10.2. The molecule has 2 aromatic rings. The van der Waals surface area contributed by atoms with Gasteiger partial charge < -0.3 is 4.90 Å². The van der Waals surface area contributed by atoms with Crippen LogP contribution in [-0.4, -0.2) is 18.4 Å². The number of amides is 2. The molecule has 1 aliphatic rings. The third-order valence-corrected chi connectivity index (χ3v) is 4.00. The zero-order valence-corrected chi connectivity index (χ0v) is 13.6. The van der Waals surface area contributed by atoms with Crippen molar-refractivity contribution in [2.45, 2.75) is 12.8 Å². The minimum absolute atomic E-state index is 0.0172. The van der Waals surface area contributed by atoms with Gasteiger partial charge in [0.2, 0.25) is 11.7 Å². The third kappa shape index (κ3) is 3.42. The van der Waals surface area contributed by atoms with E-state index in [-0.39, 0.29) is 11.5 Å². The first-order valence-electron chi connectivity index (χ1n) is 7.79. The van der Waals surface area contributed by atoms with Crippen molar-refractivity contribution in [3.05, 3.63) is 58.9 Å². The number of halogens is 5. The molecule has 27 heavy (non-hydrogen) atoms. The highest BCUT2D eigenvalue weighted by molar-refractivity contribution is 5.99. The second-order valence-electron chi connectivity index (χ2n) is 5.72. The van der Waals surface area contributed by atoms with Crippen LogP contribution in [0.15, 0.2) is 24.3 Å². The number of anilines is 2. The number of hydrogen-bond donors (Lipinski definition) is 2. The minimum atomic E-state index is -2.30. The van der Waals surface area contributed by atoms with E-state index >= 15 is 0 Å². The molecule has 1 heterocycles. The van der Waals surface area contributed by atoms with Crippen LogP contribution in [0, 0.1) is 29.1 Å². The third-order valence-electron chi connectivity index (χ3n) is 4.00. The molecule has 10 heteroatoms. The molecule has 0 saturated carbocycles. The van der Waals surface area contributed by atoms with E-state index in [1.54, 1.807) is 11.5 Å². The predicted octanol–water partition coefficient (Wildman–Crippen LogP) is 3.27. The number of rotatable bonds is 4. The topological polar surface area (TPSA) is 61.4 Å². The molecular formula is C17H12F5N3O2. The summed E-state index contributed by atoms with van der Waals surface area (Å²) in [5.41, 5.74) is 2.67. The van der Waals surface area contributed by atoms with E-state index in [1.807, 2.05) is 5.43 Å². The molecule has 2 N–H and O–H groups in total. The summed E-state index contributed by atoms with van der Waals surface area (Å²) in [7, 11) is 0. The minimum Gasteiger partial charge on any atom is -0.312 e. The van der Waals surface area contributed by atoms with Gasteiger partial charge in [0.25, 0.3) is 5.91 Å². The molecule has 142 valence electrons. The van der Waals surface area contributed by atoms with Gasteiger partial charge in [-0.25, -0.2) is 22.0 Å². The molecule has 0 aliphatic carbocycles. The Labute approximate surface area is 149 Å². The Morgan fingerprint density at radius 3 is 2.19 bits per heavy atom. The van der Waals surface area contributed by atoms with E-state index < -0.39 is 40.7 Å². The van der Waals surface area contributed by atoms with E-state index in [9.17, 15) is 31.5 Å². The van der Waals surface area contributed by atoms with E-state index in [0.29, 0.717) is 25.1 Å². The average molecular weight is 385 g/mol. The van der Waals surface area contributed by atoms with Crippen LogP contribution in [0.5, 0.6) is 0 Å². The van der Waals surface area contributed by atoms with E-state index in [2.05, 4.69) is 0 Å². The molecular weight excluding hydrogens is 373 g/mol. The first-order valence-corrected chi connectivity index (χ1v) is 7.79. The van der Waals surface area contributed by atoms with Gasteiger partial charge in [-0.15, -0.1) is 0 Å². The SMILES string of the molecule is O=C(NNc1c(F)c(F)c(F)c(F)c1F)c1cccc(N2CCCC2=O)c1. The number of nitrogens with one attached hydrogen (secondary N) is 2. The number of hydrogen-bond acceptors (Lipinski definition) is 3. The molecule has 3 rings (SSSR count). The summed E-state index contributed by atoms with van der Waals surface area (Å²) in [6.07, 6.45) is 1.06. The molecule has 1 aliphatic heterocycles. The normalized spacial score (nSPS) is 13.8. The average Bonchev–Trinajstić information content (AvgIpc) is 3.10. The molecule has 0 bridgehead atoms. The van der Waals surface area contributed by atoms with Crippen LogP contribution >= 0.6 is 0 Å². The summed E-state index contributed by atoms with van der Waals surface area (Å²) in [5.74, 6) is -11.8. The van der Waals surface area contributed by atoms with Crippen LogP contribution in [0.4, 0.5) is 33.3 Å². The fourth-order valence-electron chi connectivity index (χ4n) is 2.64. The first-order chi connectivity index (χ1) is 12.8. The predicted molar refractivity (Wildman–Crippen MR) is 85.3 cm³/mol. The molecule has 2 aromatic carbocycles. The molecule has 0 spiro atoms. The van der Waals surface area contributed by atoms with Crippen molar-refractivity contribution in [1.82, 2.24) is 5.43 Å². The van der Waals surface area contributed by atoms with Gasteiger partial charge >= 0.3 is 0 Å². The maximum Gasteiger partial charge on any atom is 0.269 e. The number of carbonyl (C=O) groups excluding carboxylic acids is 2. The second kappa shape index (κ2) is 7.22. The number of nitrogens with zero attached hydrogens (tertiary/aromatic N) is 1. The second-order valence-corrected chi connectivity index (χ2v) is 5.72. The number of hydrazine groups is 1. The van der Waals surface area contributed by atoms with Crippen molar-refractivity contribution in [2.75, 3.05) is 16.9 Å². The van der Waals surface area contributed by atoms with Crippen molar-refractivity contribution in [2.24, 2.45) is 0 Å². The maximum absolute atomic E-state index is 13.6. The lowest BCUT2D eigenvalue weighted by Crippen LogP contribution is -2.31. The molecule has 5 nitrogen and oxygen atoms in total. The highest BCUT2D eigenvalue weighted by Crippen LogP contribution is 2.27. The lowest BCUT2D eigenvalue weighted by molar-refractivity contribution is -0.117. The summed E-state index contributed by atoms with van der Waals surface area (Å²) >= 11 is 0. The van der Waals surface area contributed by atoms with Gasteiger partial charge in [-0.05, 0) is 24.6 Å². The van der Waals surface area contributed by atoms with E-state index in [4.69, 9.17) is 0 Å². The Balaban J connectivity index is 1.79. The monoisotopic (exact) mass is 385 g/mol. The van der Waals surface area contributed by atoms with Crippen molar-refractivity contribution in [3.8, 4) is 0 Å². The fraction of sp³-hybridized carbons (Fsp3) is 0.176. The van der Waals surface area contributed by atoms with Crippen LogP contribution in [0.25, 0.3) is 0 Å².